The topological polar surface area (TPSA) is 18.5 Å². The number of ether oxygens (including phenoxy) is 2. The van der Waals surface area contributed by atoms with Crippen molar-refractivity contribution in [1.82, 2.24) is 0 Å². The van der Waals surface area contributed by atoms with Crippen LogP contribution in [0, 0.1) is 0 Å². The Morgan fingerprint density at radius 3 is 2.14 bits per heavy atom. The SMILES string of the molecule is CC1C[C@@H](C)OC(c2ccccc2)O1. The number of hydrogen-bond acceptors (Lipinski definition) is 2. The third-order valence-electron chi connectivity index (χ3n) is 2.45. The summed E-state index contributed by atoms with van der Waals surface area (Å²) in [6, 6.07) is 10.1. The number of hydrogen-bond donors (Lipinski definition) is 0. The molecule has 1 aliphatic rings. The Kier molecular flexibility index (Phi) is 2.85. The average Bonchev–Trinajstić information content (AvgIpc) is 2.18. The molecule has 0 bridgehead atoms. The largest absolute Gasteiger partial charge is 0.345 e. The molecular weight excluding hydrogens is 176 g/mol. The average molecular weight is 192 g/mol. The summed E-state index contributed by atoms with van der Waals surface area (Å²) in [7, 11) is 0. The highest BCUT2D eigenvalue weighted by atomic mass is 16.7. The molecule has 0 aliphatic carbocycles. The molecular formula is C12H16O2. The maximum absolute atomic E-state index is 5.72. The van der Waals surface area contributed by atoms with E-state index in [-0.39, 0.29) is 18.5 Å². The first-order chi connectivity index (χ1) is 6.75. The molecule has 2 nitrogen and oxygen atoms in total. The van der Waals surface area contributed by atoms with Crippen molar-refractivity contribution in [3.8, 4) is 0 Å². The van der Waals surface area contributed by atoms with Crippen molar-refractivity contribution in [3.05, 3.63) is 35.9 Å². The van der Waals surface area contributed by atoms with Gasteiger partial charge in [0.05, 0.1) is 12.2 Å². The van der Waals surface area contributed by atoms with Gasteiger partial charge in [0.2, 0.25) is 0 Å². The van der Waals surface area contributed by atoms with Crippen molar-refractivity contribution in [2.75, 3.05) is 0 Å². The van der Waals surface area contributed by atoms with Gasteiger partial charge in [-0.25, -0.2) is 0 Å². The number of rotatable bonds is 1. The maximum Gasteiger partial charge on any atom is 0.184 e. The van der Waals surface area contributed by atoms with Crippen LogP contribution in [0.15, 0.2) is 30.3 Å². The Morgan fingerprint density at radius 1 is 1.00 bits per heavy atom. The van der Waals surface area contributed by atoms with Crippen molar-refractivity contribution in [2.45, 2.75) is 38.8 Å². The molecule has 0 amide bonds. The minimum Gasteiger partial charge on any atom is -0.345 e. The lowest BCUT2D eigenvalue weighted by molar-refractivity contribution is -0.239. The lowest BCUT2D eigenvalue weighted by atomic mass is 10.1. The molecule has 0 radical (unpaired) electrons. The molecule has 1 aromatic carbocycles. The molecule has 2 unspecified atom stereocenters. The molecule has 1 saturated heterocycles. The first-order valence-electron chi connectivity index (χ1n) is 5.11. The van der Waals surface area contributed by atoms with Crippen LogP contribution in [-0.2, 0) is 9.47 Å². The molecule has 3 atom stereocenters. The molecule has 1 fully saturated rings. The van der Waals surface area contributed by atoms with Crippen molar-refractivity contribution in [2.24, 2.45) is 0 Å². The first-order valence-corrected chi connectivity index (χ1v) is 5.11. The van der Waals surface area contributed by atoms with E-state index >= 15 is 0 Å². The fourth-order valence-electron chi connectivity index (χ4n) is 1.80. The zero-order chi connectivity index (χ0) is 9.97. The second kappa shape index (κ2) is 4.11. The third kappa shape index (κ3) is 2.14. The van der Waals surface area contributed by atoms with Gasteiger partial charge in [0.15, 0.2) is 6.29 Å². The Morgan fingerprint density at radius 2 is 1.57 bits per heavy atom. The van der Waals surface area contributed by atoms with Crippen LogP contribution in [0.25, 0.3) is 0 Å². The summed E-state index contributed by atoms with van der Waals surface area (Å²) in [6.45, 7) is 4.18. The Hall–Kier alpha value is -0.860. The van der Waals surface area contributed by atoms with Crippen LogP contribution in [0.4, 0.5) is 0 Å². The molecule has 1 aromatic rings. The molecule has 1 heterocycles. The predicted octanol–water partition coefficient (Wildman–Crippen LogP) is 2.90. The molecule has 0 saturated carbocycles. The van der Waals surface area contributed by atoms with Gasteiger partial charge in [-0.05, 0) is 20.3 Å². The van der Waals surface area contributed by atoms with Gasteiger partial charge in [0.1, 0.15) is 0 Å². The Labute approximate surface area is 84.8 Å². The monoisotopic (exact) mass is 192 g/mol. The van der Waals surface area contributed by atoms with Gasteiger partial charge >= 0.3 is 0 Å². The van der Waals surface area contributed by atoms with Gasteiger partial charge in [-0.1, -0.05) is 30.3 Å². The summed E-state index contributed by atoms with van der Waals surface area (Å²) >= 11 is 0. The van der Waals surface area contributed by atoms with Crippen LogP contribution in [0.2, 0.25) is 0 Å². The Balaban J connectivity index is 2.11. The minimum atomic E-state index is -0.185. The lowest BCUT2D eigenvalue weighted by Gasteiger charge is -2.32. The van der Waals surface area contributed by atoms with Crippen molar-refractivity contribution >= 4 is 0 Å². The van der Waals surface area contributed by atoms with Crippen LogP contribution in [-0.4, -0.2) is 12.2 Å². The van der Waals surface area contributed by atoms with Crippen LogP contribution in [0.1, 0.15) is 32.1 Å². The van der Waals surface area contributed by atoms with E-state index < -0.39 is 0 Å². The molecule has 0 aromatic heterocycles. The van der Waals surface area contributed by atoms with Crippen LogP contribution < -0.4 is 0 Å². The van der Waals surface area contributed by atoms with Gasteiger partial charge in [-0.15, -0.1) is 0 Å². The van der Waals surface area contributed by atoms with E-state index in [0.29, 0.717) is 0 Å². The van der Waals surface area contributed by atoms with Crippen LogP contribution >= 0.6 is 0 Å². The predicted molar refractivity (Wildman–Crippen MR) is 54.9 cm³/mol. The summed E-state index contributed by atoms with van der Waals surface area (Å²) in [6.07, 6.45) is 1.35. The molecule has 14 heavy (non-hydrogen) atoms. The van der Waals surface area contributed by atoms with E-state index in [4.69, 9.17) is 9.47 Å². The lowest BCUT2D eigenvalue weighted by Crippen LogP contribution is -2.30. The van der Waals surface area contributed by atoms with E-state index in [1.807, 2.05) is 30.3 Å². The molecule has 1 aliphatic heterocycles. The fourth-order valence-corrected chi connectivity index (χ4v) is 1.80. The molecule has 0 N–H and O–H groups in total. The second-order valence-electron chi connectivity index (χ2n) is 3.87. The van der Waals surface area contributed by atoms with Crippen molar-refractivity contribution in [1.29, 1.82) is 0 Å². The maximum atomic E-state index is 5.72. The quantitative estimate of drug-likeness (QED) is 0.681. The van der Waals surface area contributed by atoms with E-state index in [1.165, 1.54) is 0 Å². The first kappa shape index (κ1) is 9.69. The van der Waals surface area contributed by atoms with E-state index in [0.717, 1.165) is 12.0 Å². The fraction of sp³-hybridized carbons (Fsp3) is 0.500. The van der Waals surface area contributed by atoms with Crippen LogP contribution in [0.5, 0.6) is 0 Å². The van der Waals surface area contributed by atoms with Crippen LogP contribution in [0.3, 0.4) is 0 Å². The summed E-state index contributed by atoms with van der Waals surface area (Å²) in [5, 5.41) is 0. The summed E-state index contributed by atoms with van der Waals surface area (Å²) in [5.74, 6) is 0. The minimum absolute atomic E-state index is 0.185. The van der Waals surface area contributed by atoms with Gasteiger partial charge in [-0.3, -0.25) is 0 Å². The van der Waals surface area contributed by atoms with Crippen molar-refractivity contribution < 1.29 is 9.47 Å². The zero-order valence-corrected chi connectivity index (χ0v) is 8.64. The molecule has 0 spiro atoms. The van der Waals surface area contributed by atoms with Crippen molar-refractivity contribution in [3.63, 3.8) is 0 Å². The molecule has 2 heteroatoms. The molecule has 2 rings (SSSR count). The van der Waals surface area contributed by atoms with E-state index in [1.54, 1.807) is 0 Å². The highest BCUT2D eigenvalue weighted by molar-refractivity contribution is 5.16. The molecule has 76 valence electrons. The summed E-state index contributed by atoms with van der Waals surface area (Å²) in [5.41, 5.74) is 1.10. The number of benzene rings is 1. The van der Waals surface area contributed by atoms with E-state index in [9.17, 15) is 0 Å². The van der Waals surface area contributed by atoms with Gasteiger partial charge in [0, 0.05) is 5.56 Å². The summed E-state index contributed by atoms with van der Waals surface area (Å²) < 4.78 is 11.4. The van der Waals surface area contributed by atoms with Gasteiger partial charge < -0.3 is 9.47 Å². The second-order valence-corrected chi connectivity index (χ2v) is 3.87. The standard InChI is InChI=1S/C12H16O2/c1-9-8-10(2)14-12(13-9)11-6-4-3-5-7-11/h3-7,9-10,12H,8H2,1-2H3/t9-,10?,12?/m1/s1. The highest BCUT2D eigenvalue weighted by Crippen LogP contribution is 2.28. The smallest absolute Gasteiger partial charge is 0.184 e. The van der Waals surface area contributed by atoms with Gasteiger partial charge in [-0.2, -0.15) is 0 Å². The third-order valence-corrected chi connectivity index (χ3v) is 2.45. The van der Waals surface area contributed by atoms with E-state index in [2.05, 4.69) is 13.8 Å². The van der Waals surface area contributed by atoms with Gasteiger partial charge in [0.25, 0.3) is 0 Å². The summed E-state index contributed by atoms with van der Waals surface area (Å²) in [4.78, 5) is 0. The Bertz CT molecular complexity index is 274. The normalized spacial score (nSPS) is 32.9. The zero-order valence-electron chi connectivity index (χ0n) is 8.64. The highest BCUT2D eigenvalue weighted by Gasteiger charge is 2.25.